The predicted molar refractivity (Wildman–Crippen MR) is 147 cm³/mol. The molecule has 0 amide bonds. The topological polar surface area (TPSA) is 31.4 Å². The second-order valence-corrected chi connectivity index (χ2v) is 8.94. The Labute approximate surface area is 224 Å². The van der Waals surface area contributed by atoms with Gasteiger partial charge in [0.2, 0.25) is 0 Å². The lowest BCUT2D eigenvalue weighted by Gasteiger charge is -2.33. The van der Waals surface area contributed by atoms with Gasteiger partial charge < -0.3 is 9.47 Å². The summed E-state index contributed by atoms with van der Waals surface area (Å²) < 4.78 is 85.3. The maximum Gasteiger partial charge on any atom is 0.260 e. The number of hydrogen-bond donors (Lipinski definition) is 0. The fourth-order valence-electron chi connectivity index (χ4n) is 5.21. The summed E-state index contributed by atoms with van der Waals surface area (Å²) in [6.45, 7) is -8.10. The van der Waals surface area contributed by atoms with Crippen molar-refractivity contribution in [1.82, 2.24) is 4.98 Å². The molecule has 7 rings (SSSR count). The molecule has 0 aliphatic carbocycles. The third kappa shape index (κ3) is 3.11. The third-order valence-corrected chi connectivity index (χ3v) is 6.82. The molecule has 0 fully saturated rings. The molecule has 0 atom stereocenters. The molecule has 0 saturated carbocycles. The van der Waals surface area contributed by atoms with Gasteiger partial charge in [0.25, 0.3) is 6.71 Å². The van der Waals surface area contributed by atoms with E-state index in [0.717, 1.165) is 28.2 Å². The smallest absolute Gasteiger partial charge is 0.260 e. The van der Waals surface area contributed by atoms with Crippen molar-refractivity contribution in [1.29, 1.82) is 0 Å². The van der Waals surface area contributed by atoms with E-state index in [1.165, 1.54) is 18.3 Å². The van der Waals surface area contributed by atoms with Gasteiger partial charge in [-0.05, 0) is 84.1 Å². The van der Waals surface area contributed by atoms with Gasteiger partial charge in [-0.25, -0.2) is 0 Å². The first-order valence-electron chi connectivity index (χ1n) is 16.1. The quantitative estimate of drug-likeness (QED) is 0.285. The van der Waals surface area contributed by atoms with Crippen molar-refractivity contribution in [2.45, 2.75) is 20.6 Å². The minimum atomic E-state index is -2.72. The van der Waals surface area contributed by atoms with Gasteiger partial charge in [-0.3, -0.25) is 4.98 Å². The molecule has 0 saturated heterocycles. The van der Waals surface area contributed by atoms with Crippen LogP contribution in [-0.2, 0) is 0 Å². The van der Waals surface area contributed by atoms with Gasteiger partial charge in [0, 0.05) is 29.6 Å². The first-order chi connectivity index (χ1) is 21.2. The molecule has 2 aliphatic heterocycles. The molecule has 172 valence electrons. The summed E-state index contributed by atoms with van der Waals surface area (Å²) in [5.74, 6) is 2.60. The maximum absolute atomic E-state index is 8.21. The summed E-state index contributed by atoms with van der Waals surface area (Å²) in [7, 11) is 0. The highest BCUT2D eigenvalue weighted by Gasteiger charge is 2.40. The molecule has 4 aromatic carbocycles. The molecule has 0 spiro atoms. The van der Waals surface area contributed by atoms with Crippen molar-refractivity contribution in [2.75, 3.05) is 0 Å². The number of rotatable bonds is 2. The lowest BCUT2D eigenvalue weighted by atomic mass is 9.34. The summed E-state index contributed by atoms with van der Waals surface area (Å²) in [4.78, 5) is 4.55. The van der Waals surface area contributed by atoms with Gasteiger partial charge in [-0.1, -0.05) is 60.2 Å². The molecule has 3 nitrogen and oxygen atoms in total. The van der Waals surface area contributed by atoms with Gasteiger partial charge in [-0.15, -0.1) is 0 Å². The highest BCUT2D eigenvalue weighted by molar-refractivity contribution is 6.98. The van der Waals surface area contributed by atoms with E-state index in [-0.39, 0.29) is 34.5 Å². The summed E-state index contributed by atoms with van der Waals surface area (Å²) in [6, 6.07) is 24.4. The Bertz CT molecular complexity index is 2000. The highest BCUT2D eigenvalue weighted by Crippen LogP contribution is 2.39. The van der Waals surface area contributed by atoms with Crippen LogP contribution >= 0.6 is 0 Å². The second-order valence-electron chi connectivity index (χ2n) is 8.94. The van der Waals surface area contributed by atoms with Crippen LogP contribution in [0, 0.1) is 20.6 Å². The van der Waals surface area contributed by atoms with Crippen LogP contribution in [0.3, 0.4) is 0 Å². The van der Waals surface area contributed by atoms with Gasteiger partial charge in [-0.2, -0.15) is 0 Å². The van der Waals surface area contributed by atoms with E-state index in [2.05, 4.69) is 4.98 Å². The van der Waals surface area contributed by atoms with E-state index in [9.17, 15) is 0 Å². The van der Waals surface area contributed by atoms with Crippen LogP contribution in [0.2, 0.25) is 0 Å². The first kappa shape index (κ1) is 13.7. The van der Waals surface area contributed by atoms with E-state index < -0.39 is 20.6 Å². The number of fused-ring (bicyclic) bond motifs is 4. The highest BCUT2D eigenvalue weighted by atomic mass is 16.5. The minimum absolute atomic E-state index is 0.0943. The molecule has 0 bridgehead atoms. The Morgan fingerprint density at radius 2 is 1.47 bits per heavy atom. The van der Waals surface area contributed by atoms with Gasteiger partial charge in [0.15, 0.2) is 0 Å². The number of nitrogens with zero attached hydrogens (tertiary/aromatic N) is 1. The number of hydrogen-bond acceptors (Lipinski definition) is 3. The summed E-state index contributed by atoms with van der Waals surface area (Å²) in [6.07, 6.45) is 1.23. The molecule has 36 heavy (non-hydrogen) atoms. The summed E-state index contributed by atoms with van der Waals surface area (Å²) >= 11 is 0. The van der Waals surface area contributed by atoms with Crippen molar-refractivity contribution in [2.24, 2.45) is 0 Å². The number of para-hydroxylation sites is 2. The van der Waals surface area contributed by atoms with E-state index in [0.29, 0.717) is 28.5 Å². The average Bonchev–Trinajstić information content (AvgIpc) is 2.99. The van der Waals surface area contributed by atoms with Crippen LogP contribution in [-0.4, -0.2) is 11.7 Å². The fraction of sp³-hybridized carbons (Fsp3) is 0.0938. The maximum atomic E-state index is 8.21. The molecular weight excluding hydrogens is 441 g/mol. The van der Waals surface area contributed by atoms with Crippen molar-refractivity contribution < 1.29 is 21.8 Å². The Hall–Kier alpha value is -4.31. The fourth-order valence-corrected chi connectivity index (χ4v) is 5.21. The average molecular weight is 474 g/mol. The Morgan fingerprint density at radius 1 is 0.667 bits per heavy atom. The Morgan fingerprint density at radius 3 is 2.36 bits per heavy atom. The third-order valence-electron chi connectivity index (χ3n) is 6.82. The lowest BCUT2D eigenvalue weighted by Crippen LogP contribution is -2.57. The predicted octanol–water partition coefficient (Wildman–Crippen LogP) is 6.07. The lowest BCUT2D eigenvalue weighted by molar-refractivity contribution is 0.465. The van der Waals surface area contributed by atoms with Crippen LogP contribution in [0.4, 0.5) is 0 Å². The molecule has 5 aromatic rings. The van der Waals surface area contributed by atoms with Gasteiger partial charge in [0.1, 0.15) is 23.0 Å². The van der Waals surface area contributed by atoms with Crippen LogP contribution in [0.1, 0.15) is 29.0 Å². The van der Waals surface area contributed by atoms with Gasteiger partial charge in [0.05, 0.1) is 5.69 Å². The number of aryl methyl sites for hydroxylation is 3. The standard InChI is InChI=1S/C32H24BNO2/c1-19-14-15-22(20(2)16-19)24-17-27(34-18-21(24)3)23-8-6-10-26-32(23)36-30-13-7-12-29-31(30)33(26)25-9-4-5-11-28(25)35-29/h4-18H,1-3H3/i1D3,2D3,3D3. The van der Waals surface area contributed by atoms with Crippen LogP contribution in [0.25, 0.3) is 22.4 Å². The molecule has 0 N–H and O–H groups in total. The second kappa shape index (κ2) is 7.86. The summed E-state index contributed by atoms with van der Waals surface area (Å²) in [5.41, 5.74) is 3.35. The number of benzene rings is 4. The zero-order chi connectivity index (χ0) is 31.9. The molecule has 2 aliphatic rings. The van der Waals surface area contributed by atoms with E-state index in [1.807, 2.05) is 60.7 Å². The van der Waals surface area contributed by atoms with Crippen LogP contribution < -0.4 is 25.9 Å². The Balaban J connectivity index is 1.45. The van der Waals surface area contributed by atoms with E-state index in [1.54, 1.807) is 6.07 Å². The molecule has 3 heterocycles. The monoisotopic (exact) mass is 474 g/mol. The number of ether oxygens (including phenoxy) is 2. The molecule has 1 aromatic heterocycles. The first-order valence-corrected chi connectivity index (χ1v) is 11.6. The molecule has 4 heteroatoms. The molecule has 0 unspecified atom stereocenters. The van der Waals surface area contributed by atoms with Crippen molar-refractivity contribution in [3.8, 4) is 45.4 Å². The largest absolute Gasteiger partial charge is 0.458 e. The zero-order valence-corrected chi connectivity index (χ0v) is 19.0. The summed E-state index contributed by atoms with van der Waals surface area (Å²) in [5, 5.41) is 0. The van der Waals surface area contributed by atoms with Crippen molar-refractivity contribution >= 4 is 23.1 Å². The molecular formula is C32H24BNO2. The minimum Gasteiger partial charge on any atom is -0.458 e. The normalized spacial score (nSPS) is 17.4. The number of aromatic nitrogens is 1. The van der Waals surface area contributed by atoms with Crippen molar-refractivity contribution in [3.63, 3.8) is 0 Å². The van der Waals surface area contributed by atoms with Crippen molar-refractivity contribution in [3.05, 3.63) is 108 Å². The van der Waals surface area contributed by atoms with E-state index >= 15 is 0 Å². The SMILES string of the molecule is [2H]C([2H])([2H])c1ccc(-c2cc(-c3cccc4c3Oc3cccc5c3B4c3ccccc3O5)ncc2C([2H])([2H])[2H])c(C([2H])([2H])[2H])c1. The van der Waals surface area contributed by atoms with Crippen LogP contribution in [0.15, 0.2) is 91.1 Å². The van der Waals surface area contributed by atoms with Crippen LogP contribution in [0.5, 0.6) is 23.0 Å². The Kier molecular flexibility index (Phi) is 2.99. The van der Waals surface area contributed by atoms with Gasteiger partial charge >= 0.3 is 0 Å². The zero-order valence-electron chi connectivity index (χ0n) is 28.0. The van der Waals surface area contributed by atoms with E-state index in [4.69, 9.17) is 21.8 Å². The molecule has 0 radical (unpaired) electrons. The number of pyridine rings is 1.